The number of hydrogen-bond acceptors (Lipinski definition) is 3. The van der Waals surface area contributed by atoms with Gasteiger partial charge in [0.25, 0.3) is 0 Å². The molecule has 1 N–H and O–H groups in total. The normalized spacial score (nSPS) is 19.0. The van der Waals surface area contributed by atoms with Gasteiger partial charge in [-0.2, -0.15) is 0 Å². The van der Waals surface area contributed by atoms with Crippen LogP contribution in [0.1, 0.15) is 68.9 Å². The number of aliphatic hydroxyl groups is 1. The summed E-state index contributed by atoms with van der Waals surface area (Å²) in [6, 6.07) is 24.5. The highest BCUT2D eigenvalue weighted by Gasteiger charge is 2.32. The molecule has 3 heteroatoms. The minimum Gasteiger partial charge on any atom is -0.511 e. The fraction of sp³-hybridized carbons (Fsp3) is 0.355. The fourth-order valence-corrected chi connectivity index (χ4v) is 4.97. The third-order valence-electron chi connectivity index (χ3n) is 6.80. The number of unbranched alkanes of at least 4 members (excludes halogenated alkanes) is 4. The molecule has 0 bridgehead atoms. The quantitative estimate of drug-likeness (QED) is 0.204. The molecule has 1 fully saturated rings. The van der Waals surface area contributed by atoms with Crippen molar-refractivity contribution in [3.63, 3.8) is 0 Å². The summed E-state index contributed by atoms with van der Waals surface area (Å²) in [7, 11) is 0. The summed E-state index contributed by atoms with van der Waals surface area (Å²) < 4.78 is 0. The van der Waals surface area contributed by atoms with Crippen LogP contribution in [0.2, 0.25) is 0 Å². The first-order valence-electron chi connectivity index (χ1n) is 12.7. The van der Waals surface area contributed by atoms with Crippen molar-refractivity contribution >= 4 is 22.3 Å². The van der Waals surface area contributed by atoms with Gasteiger partial charge >= 0.3 is 0 Å². The van der Waals surface area contributed by atoms with Gasteiger partial charge in [-0.05, 0) is 40.7 Å². The van der Waals surface area contributed by atoms with Crippen LogP contribution in [0.15, 0.2) is 89.1 Å². The molecule has 0 amide bonds. The molecule has 34 heavy (non-hydrogen) atoms. The average molecular weight is 454 g/mol. The molecule has 176 valence electrons. The number of carbonyl (C=O) groups excluding carboxylic acids is 1. The van der Waals surface area contributed by atoms with Gasteiger partial charge in [-0.3, -0.25) is 9.79 Å². The maximum absolute atomic E-state index is 13.4. The van der Waals surface area contributed by atoms with Crippen molar-refractivity contribution in [3.8, 4) is 0 Å². The maximum atomic E-state index is 13.4. The number of rotatable bonds is 9. The Bertz CT molecular complexity index is 1170. The first-order valence-corrected chi connectivity index (χ1v) is 12.7. The third kappa shape index (κ3) is 5.83. The van der Waals surface area contributed by atoms with Crippen LogP contribution in [0.5, 0.6) is 0 Å². The number of fused-ring (bicyclic) bond motifs is 1. The van der Waals surface area contributed by atoms with Crippen LogP contribution in [-0.4, -0.2) is 23.1 Å². The van der Waals surface area contributed by atoms with Crippen molar-refractivity contribution in [1.82, 2.24) is 0 Å². The highest BCUT2D eigenvalue weighted by Crippen LogP contribution is 2.34. The molecule has 0 aliphatic heterocycles. The van der Waals surface area contributed by atoms with Gasteiger partial charge in [-0.15, -0.1) is 0 Å². The SMILES string of the molecule is CCCCCCCN=C1CC(c2ccccc2)CC(=O)/C1=C(/O)Cc1cccc2ccccc12. The molecule has 0 saturated heterocycles. The van der Waals surface area contributed by atoms with Crippen LogP contribution in [0.3, 0.4) is 0 Å². The molecule has 3 aromatic carbocycles. The second kappa shape index (κ2) is 11.8. The summed E-state index contributed by atoms with van der Waals surface area (Å²) >= 11 is 0. The van der Waals surface area contributed by atoms with E-state index >= 15 is 0 Å². The molecule has 0 radical (unpaired) electrons. The Hall–Kier alpha value is -3.20. The van der Waals surface area contributed by atoms with Gasteiger partial charge < -0.3 is 5.11 Å². The topological polar surface area (TPSA) is 49.7 Å². The average Bonchev–Trinajstić information content (AvgIpc) is 2.86. The van der Waals surface area contributed by atoms with Gasteiger partial charge in [-0.1, -0.05) is 105 Å². The zero-order valence-electron chi connectivity index (χ0n) is 20.2. The monoisotopic (exact) mass is 453 g/mol. The van der Waals surface area contributed by atoms with E-state index in [9.17, 15) is 9.90 Å². The number of nitrogens with zero attached hydrogens (tertiary/aromatic N) is 1. The predicted molar refractivity (Wildman–Crippen MR) is 142 cm³/mol. The second-order valence-corrected chi connectivity index (χ2v) is 9.32. The minimum absolute atomic E-state index is 0.00238. The number of hydrogen-bond donors (Lipinski definition) is 1. The Balaban J connectivity index is 1.61. The van der Waals surface area contributed by atoms with Crippen LogP contribution >= 0.6 is 0 Å². The number of benzene rings is 3. The molecule has 1 unspecified atom stereocenters. The van der Waals surface area contributed by atoms with Gasteiger partial charge in [-0.25, -0.2) is 0 Å². The highest BCUT2D eigenvalue weighted by atomic mass is 16.3. The standard InChI is InChI=1S/C31H35NO2/c1-2-3-4-5-11-19-32-28-20-26(23-13-7-6-8-14-23)22-30(34)31(28)29(33)21-25-17-12-16-24-15-9-10-18-27(24)25/h6-10,12-18,26,33H,2-5,11,19-22H2,1H3/b31-29+,32-28?. The Morgan fingerprint density at radius 1 is 0.882 bits per heavy atom. The summed E-state index contributed by atoms with van der Waals surface area (Å²) in [5.74, 6) is 0.266. The summed E-state index contributed by atoms with van der Waals surface area (Å²) in [6.45, 7) is 2.92. The molecule has 1 aliphatic carbocycles. The van der Waals surface area contributed by atoms with E-state index in [1.165, 1.54) is 24.8 Å². The number of ketones is 1. The zero-order valence-corrected chi connectivity index (χ0v) is 20.2. The molecule has 1 saturated carbocycles. The summed E-state index contributed by atoms with van der Waals surface area (Å²) in [6.07, 6.45) is 7.32. The smallest absolute Gasteiger partial charge is 0.168 e. The first kappa shape index (κ1) is 23.9. The van der Waals surface area contributed by atoms with Crippen LogP contribution in [0.4, 0.5) is 0 Å². The van der Waals surface area contributed by atoms with Crippen molar-refractivity contribution < 1.29 is 9.90 Å². The van der Waals surface area contributed by atoms with Gasteiger partial charge in [0, 0.05) is 25.1 Å². The summed E-state index contributed by atoms with van der Waals surface area (Å²) in [5.41, 5.74) is 3.42. The molecular formula is C31H35NO2. The Kier molecular flexibility index (Phi) is 8.30. The van der Waals surface area contributed by atoms with Crippen LogP contribution in [0, 0.1) is 0 Å². The van der Waals surface area contributed by atoms with Crippen molar-refractivity contribution in [2.45, 2.75) is 64.2 Å². The Morgan fingerprint density at radius 2 is 1.62 bits per heavy atom. The van der Waals surface area contributed by atoms with E-state index in [4.69, 9.17) is 4.99 Å². The van der Waals surface area contributed by atoms with E-state index in [1.807, 2.05) is 42.5 Å². The van der Waals surface area contributed by atoms with Crippen LogP contribution in [-0.2, 0) is 11.2 Å². The molecule has 3 aromatic rings. The van der Waals surface area contributed by atoms with Crippen molar-refractivity contribution in [1.29, 1.82) is 0 Å². The van der Waals surface area contributed by atoms with Gasteiger partial charge in [0.15, 0.2) is 5.78 Å². The van der Waals surface area contributed by atoms with E-state index in [0.29, 0.717) is 31.4 Å². The molecule has 0 heterocycles. The molecule has 0 spiro atoms. The first-order chi connectivity index (χ1) is 16.7. The molecular weight excluding hydrogens is 418 g/mol. The lowest BCUT2D eigenvalue weighted by Gasteiger charge is -2.26. The lowest BCUT2D eigenvalue weighted by atomic mass is 9.78. The molecule has 1 aliphatic rings. The van der Waals surface area contributed by atoms with E-state index < -0.39 is 0 Å². The Morgan fingerprint density at radius 3 is 2.44 bits per heavy atom. The van der Waals surface area contributed by atoms with Crippen molar-refractivity contribution in [3.05, 3.63) is 95.3 Å². The highest BCUT2D eigenvalue weighted by molar-refractivity contribution is 6.24. The Labute approximate surface area is 203 Å². The van der Waals surface area contributed by atoms with E-state index in [0.717, 1.165) is 34.9 Å². The van der Waals surface area contributed by atoms with Gasteiger partial charge in [0.2, 0.25) is 0 Å². The number of carbonyl (C=O) groups is 1. The van der Waals surface area contributed by atoms with Crippen molar-refractivity contribution in [2.24, 2.45) is 4.99 Å². The lowest BCUT2D eigenvalue weighted by Crippen LogP contribution is -2.27. The van der Waals surface area contributed by atoms with Crippen LogP contribution < -0.4 is 0 Å². The second-order valence-electron chi connectivity index (χ2n) is 9.32. The lowest BCUT2D eigenvalue weighted by molar-refractivity contribution is -0.115. The maximum Gasteiger partial charge on any atom is 0.168 e. The van der Waals surface area contributed by atoms with E-state index in [2.05, 4.69) is 37.3 Å². The zero-order chi connectivity index (χ0) is 23.8. The van der Waals surface area contributed by atoms with Crippen molar-refractivity contribution in [2.75, 3.05) is 6.54 Å². The predicted octanol–water partition coefficient (Wildman–Crippen LogP) is 7.75. The summed E-state index contributed by atoms with van der Waals surface area (Å²) in [5, 5.41) is 13.5. The van der Waals surface area contributed by atoms with E-state index in [-0.39, 0.29) is 17.5 Å². The molecule has 0 aromatic heterocycles. The summed E-state index contributed by atoms with van der Waals surface area (Å²) in [4.78, 5) is 18.3. The number of aliphatic imine (C=N–C) groups is 1. The molecule has 3 nitrogen and oxygen atoms in total. The van der Waals surface area contributed by atoms with E-state index in [1.54, 1.807) is 0 Å². The fourth-order valence-electron chi connectivity index (χ4n) is 4.97. The number of Topliss-reactive ketones (excluding diaryl/α,β-unsaturated/α-hetero) is 1. The molecule has 1 atom stereocenters. The van der Waals surface area contributed by atoms with Gasteiger partial charge in [0.05, 0.1) is 5.57 Å². The van der Waals surface area contributed by atoms with Gasteiger partial charge in [0.1, 0.15) is 5.76 Å². The minimum atomic E-state index is 0.00238. The molecule has 4 rings (SSSR count). The van der Waals surface area contributed by atoms with Crippen LogP contribution in [0.25, 0.3) is 10.8 Å². The number of aliphatic hydroxyl groups excluding tert-OH is 1. The third-order valence-corrected chi connectivity index (χ3v) is 6.80. The largest absolute Gasteiger partial charge is 0.511 e. The number of allylic oxidation sites excluding steroid dienone is 2.